The first-order valence-electron chi connectivity index (χ1n) is 11.1. The van der Waals surface area contributed by atoms with Gasteiger partial charge in [-0.05, 0) is 54.1 Å². The van der Waals surface area contributed by atoms with E-state index in [0.29, 0.717) is 10.6 Å². The fourth-order valence-electron chi connectivity index (χ4n) is 4.45. The quantitative estimate of drug-likeness (QED) is 0.580. The molecule has 5 rings (SSSR count). The van der Waals surface area contributed by atoms with E-state index in [0.717, 1.165) is 61.1 Å². The van der Waals surface area contributed by atoms with Crippen LogP contribution in [0.15, 0.2) is 66.7 Å². The van der Waals surface area contributed by atoms with E-state index in [9.17, 15) is 4.79 Å². The van der Waals surface area contributed by atoms with Crippen LogP contribution in [0.5, 0.6) is 5.75 Å². The Morgan fingerprint density at radius 1 is 1.06 bits per heavy atom. The molecule has 1 N–H and O–H groups in total. The van der Waals surface area contributed by atoms with E-state index in [-0.39, 0.29) is 12.1 Å². The van der Waals surface area contributed by atoms with Gasteiger partial charge in [0.05, 0.1) is 25.9 Å². The van der Waals surface area contributed by atoms with Crippen molar-refractivity contribution in [3.8, 4) is 5.75 Å². The fraction of sp³-hybridized carbons (Fsp3) is 0.269. The molecule has 1 amide bonds. The number of hydrogen-bond acceptors (Lipinski definition) is 5. The topological polar surface area (TPSA) is 54.0 Å². The number of carbonyl (C=O) groups is 1. The molecule has 2 aliphatic heterocycles. The molecule has 1 fully saturated rings. The molecule has 0 saturated carbocycles. The number of carbonyl (C=O) groups excluding carboxylic acids is 1. The molecule has 2 heterocycles. The predicted molar refractivity (Wildman–Crippen MR) is 130 cm³/mol. The molecule has 0 radical (unpaired) electrons. The van der Waals surface area contributed by atoms with Gasteiger partial charge in [-0.2, -0.15) is 0 Å². The Hall–Kier alpha value is -3.06. The highest BCUT2D eigenvalue weighted by Crippen LogP contribution is 2.38. The summed E-state index contributed by atoms with van der Waals surface area (Å²) in [5.74, 6) is 0.785. The van der Waals surface area contributed by atoms with Gasteiger partial charge in [0, 0.05) is 41.6 Å². The number of methoxy groups -OCH3 is 1. The number of benzene rings is 3. The molecule has 6 nitrogen and oxygen atoms in total. The van der Waals surface area contributed by atoms with Gasteiger partial charge in [0.15, 0.2) is 0 Å². The van der Waals surface area contributed by atoms with Crippen molar-refractivity contribution in [1.29, 1.82) is 0 Å². The Bertz CT molecular complexity index is 1150. The zero-order valence-corrected chi connectivity index (χ0v) is 19.2. The minimum Gasteiger partial charge on any atom is -0.496 e. The summed E-state index contributed by atoms with van der Waals surface area (Å²) < 4.78 is 11.2. The minimum atomic E-state index is -0.372. The summed E-state index contributed by atoms with van der Waals surface area (Å²) in [5, 5.41) is 4.20. The second-order valence-corrected chi connectivity index (χ2v) is 8.64. The summed E-state index contributed by atoms with van der Waals surface area (Å²) >= 11 is 6.12. The molecule has 3 aromatic carbocycles. The maximum atomic E-state index is 13.6. The van der Waals surface area contributed by atoms with Crippen LogP contribution in [0.3, 0.4) is 0 Å². The second kappa shape index (κ2) is 9.43. The molecule has 0 spiro atoms. The number of para-hydroxylation sites is 1. The minimum absolute atomic E-state index is 0.0535. The predicted octanol–water partition coefficient (Wildman–Crippen LogP) is 4.95. The number of amides is 1. The summed E-state index contributed by atoms with van der Waals surface area (Å²) in [7, 11) is 1.69. The number of fused-ring (bicyclic) bond motifs is 1. The molecule has 1 saturated heterocycles. The SMILES string of the molecule is COc1ccc([C@@H]2Nc3ccccc3C(=O)N2c2ccc(Cl)cc2)cc1CN1CCOCC1. The maximum absolute atomic E-state index is 13.6. The highest BCUT2D eigenvalue weighted by atomic mass is 35.5. The lowest BCUT2D eigenvalue weighted by molar-refractivity contribution is 0.0338. The highest BCUT2D eigenvalue weighted by molar-refractivity contribution is 6.30. The van der Waals surface area contributed by atoms with Crippen molar-refractivity contribution in [2.45, 2.75) is 12.7 Å². The van der Waals surface area contributed by atoms with Crippen LogP contribution >= 0.6 is 11.6 Å². The third-order valence-corrected chi connectivity index (χ3v) is 6.40. The van der Waals surface area contributed by atoms with Crippen LogP contribution in [0, 0.1) is 0 Å². The number of nitrogens with zero attached hydrogens (tertiary/aromatic N) is 2. The van der Waals surface area contributed by atoms with E-state index in [2.05, 4.69) is 16.3 Å². The number of nitrogens with one attached hydrogen (secondary N) is 1. The van der Waals surface area contributed by atoms with Crippen molar-refractivity contribution >= 4 is 28.9 Å². The van der Waals surface area contributed by atoms with Gasteiger partial charge in [0.1, 0.15) is 11.9 Å². The summed E-state index contributed by atoms with van der Waals surface area (Å²) in [5.41, 5.74) is 4.31. The number of halogens is 1. The van der Waals surface area contributed by atoms with Gasteiger partial charge in [-0.15, -0.1) is 0 Å². The Labute approximate surface area is 198 Å². The molecule has 1 atom stereocenters. The van der Waals surface area contributed by atoms with Crippen molar-refractivity contribution in [3.05, 3.63) is 88.4 Å². The fourth-order valence-corrected chi connectivity index (χ4v) is 4.57. The molecule has 0 unspecified atom stereocenters. The van der Waals surface area contributed by atoms with Gasteiger partial charge >= 0.3 is 0 Å². The summed E-state index contributed by atoms with van der Waals surface area (Å²) in [4.78, 5) is 17.8. The van der Waals surface area contributed by atoms with E-state index in [4.69, 9.17) is 21.1 Å². The van der Waals surface area contributed by atoms with Crippen molar-refractivity contribution in [1.82, 2.24) is 4.90 Å². The van der Waals surface area contributed by atoms with Gasteiger partial charge < -0.3 is 14.8 Å². The lowest BCUT2D eigenvalue weighted by Crippen LogP contribution is -2.43. The van der Waals surface area contributed by atoms with Gasteiger partial charge in [-0.25, -0.2) is 0 Å². The van der Waals surface area contributed by atoms with Crippen LogP contribution in [-0.2, 0) is 11.3 Å². The molecule has 3 aromatic rings. The van der Waals surface area contributed by atoms with Gasteiger partial charge in [-0.1, -0.05) is 29.8 Å². The Morgan fingerprint density at radius 2 is 1.82 bits per heavy atom. The Kier molecular flexibility index (Phi) is 6.22. The van der Waals surface area contributed by atoms with E-state index in [1.54, 1.807) is 24.1 Å². The Morgan fingerprint density at radius 3 is 2.58 bits per heavy atom. The zero-order valence-electron chi connectivity index (χ0n) is 18.5. The standard InChI is InChI=1S/C26H26ClN3O3/c1-32-24-11-6-18(16-19(24)17-29-12-14-33-15-13-29)25-28-23-5-3-2-4-22(23)26(31)30(25)21-9-7-20(27)8-10-21/h2-11,16,25,28H,12-15,17H2,1H3/t25-/m1/s1. The first-order valence-corrected chi connectivity index (χ1v) is 11.4. The van der Waals surface area contributed by atoms with Crippen LogP contribution in [0.25, 0.3) is 0 Å². The molecule has 2 aliphatic rings. The van der Waals surface area contributed by atoms with Crippen LogP contribution in [0.1, 0.15) is 27.7 Å². The van der Waals surface area contributed by atoms with E-state index >= 15 is 0 Å². The van der Waals surface area contributed by atoms with Crippen molar-refractivity contribution in [2.75, 3.05) is 43.6 Å². The summed E-state index contributed by atoms with van der Waals surface area (Å²) in [6.07, 6.45) is -0.372. The molecular formula is C26H26ClN3O3. The number of ether oxygens (including phenoxy) is 2. The summed E-state index contributed by atoms with van der Waals surface area (Å²) in [6.45, 7) is 4.01. The molecule has 7 heteroatoms. The zero-order chi connectivity index (χ0) is 22.8. The number of rotatable bonds is 5. The van der Waals surface area contributed by atoms with Crippen LogP contribution < -0.4 is 15.0 Å². The lowest BCUT2D eigenvalue weighted by Gasteiger charge is -2.38. The van der Waals surface area contributed by atoms with Crippen molar-refractivity contribution in [2.24, 2.45) is 0 Å². The van der Waals surface area contributed by atoms with Crippen molar-refractivity contribution < 1.29 is 14.3 Å². The number of anilines is 2. The highest BCUT2D eigenvalue weighted by Gasteiger charge is 2.34. The number of hydrogen-bond donors (Lipinski definition) is 1. The molecule has 0 aliphatic carbocycles. The Balaban J connectivity index is 1.55. The van der Waals surface area contributed by atoms with Crippen LogP contribution in [0.4, 0.5) is 11.4 Å². The second-order valence-electron chi connectivity index (χ2n) is 8.20. The molecular weight excluding hydrogens is 438 g/mol. The largest absolute Gasteiger partial charge is 0.496 e. The van der Waals surface area contributed by atoms with E-state index in [1.165, 1.54) is 0 Å². The third-order valence-electron chi connectivity index (χ3n) is 6.15. The monoisotopic (exact) mass is 463 g/mol. The summed E-state index contributed by atoms with van der Waals surface area (Å²) in [6, 6.07) is 21.1. The molecule has 170 valence electrons. The first-order chi connectivity index (χ1) is 16.1. The normalized spacial score (nSPS) is 18.5. The average Bonchev–Trinajstić information content (AvgIpc) is 2.85. The van der Waals surface area contributed by atoms with Gasteiger partial charge in [0.25, 0.3) is 5.91 Å². The number of morpholine rings is 1. The average molecular weight is 464 g/mol. The molecule has 0 bridgehead atoms. The molecule has 0 aromatic heterocycles. The maximum Gasteiger partial charge on any atom is 0.262 e. The van der Waals surface area contributed by atoms with Crippen molar-refractivity contribution in [3.63, 3.8) is 0 Å². The lowest BCUT2D eigenvalue weighted by atomic mass is 10.0. The van der Waals surface area contributed by atoms with Crippen LogP contribution in [-0.4, -0.2) is 44.2 Å². The first kappa shape index (κ1) is 21.8. The van der Waals surface area contributed by atoms with Gasteiger partial charge in [0.2, 0.25) is 0 Å². The molecule has 33 heavy (non-hydrogen) atoms. The van der Waals surface area contributed by atoms with Crippen LogP contribution in [0.2, 0.25) is 5.02 Å². The van der Waals surface area contributed by atoms with Gasteiger partial charge in [-0.3, -0.25) is 14.6 Å². The third kappa shape index (κ3) is 4.42. The van der Waals surface area contributed by atoms with E-state index < -0.39 is 0 Å². The smallest absolute Gasteiger partial charge is 0.262 e. The van der Waals surface area contributed by atoms with E-state index in [1.807, 2.05) is 48.5 Å².